The van der Waals surface area contributed by atoms with E-state index >= 15 is 0 Å². The second kappa shape index (κ2) is 7.90. The van der Waals surface area contributed by atoms with Crippen LogP contribution in [0.15, 0.2) is 45.2 Å². The van der Waals surface area contributed by atoms with Crippen LogP contribution in [0.5, 0.6) is 5.75 Å². The van der Waals surface area contributed by atoms with Gasteiger partial charge in [0.15, 0.2) is 5.96 Å². The zero-order chi connectivity index (χ0) is 16.9. The van der Waals surface area contributed by atoms with Crippen molar-refractivity contribution < 1.29 is 5.11 Å². The van der Waals surface area contributed by atoms with E-state index in [1.165, 1.54) is 4.88 Å². The zero-order valence-corrected chi connectivity index (χ0v) is 16.0. The number of nitrogens with one attached hydrogen (secondary N) is 1. The number of benzene rings is 1. The quantitative estimate of drug-likeness (QED) is 0.604. The van der Waals surface area contributed by atoms with Gasteiger partial charge >= 0.3 is 0 Å². The third-order valence-corrected chi connectivity index (χ3v) is 5.75. The van der Waals surface area contributed by atoms with Crippen LogP contribution in [-0.4, -0.2) is 49.2 Å². The first-order valence-corrected chi connectivity index (χ1v) is 9.56. The fraction of sp³-hybridized carbons (Fsp3) is 0.353. The lowest BCUT2D eigenvalue weighted by molar-refractivity contribution is 0.370. The largest absolute Gasteiger partial charge is 0.506 e. The van der Waals surface area contributed by atoms with Gasteiger partial charge in [0.25, 0.3) is 0 Å². The van der Waals surface area contributed by atoms with E-state index < -0.39 is 0 Å². The van der Waals surface area contributed by atoms with Crippen LogP contribution in [0, 0.1) is 0 Å². The van der Waals surface area contributed by atoms with E-state index in [0.29, 0.717) is 5.75 Å². The number of hydrogen-bond acceptors (Lipinski definition) is 4. The Balaban J connectivity index is 1.55. The number of phenols is 1. The molecule has 1 fully saturated rings. The van der Waals surface area contributed by atoms with Crippen LogP contribution >= 0.6 is 27.3 Å². The number of phenolic OH excluding ortho intramolecular Hbond substituents is 1. The number of halogens is 1. The molecule has 1 aliphatic rings. The van der Waals surface area contributed by atoms with Gasteiger partial charge in [0, 0.05) is 48.0 Å². The number of rotatable bonds is 3. The SMILES string of the molecule is CN=C(NCc1cc(Br)cs1)N1CCN(c2ccccc2O)CC1. The van der Waals surface area contributed by atoms with Gasteiger partial charge in [-0.1, -0.05) is 12.1 Å². The highest BCUT2D eigenvalue weighted by atomic mass is 79.9. The molecule has 0 radical (unpaired) electrons. The van der Waals surface area contributed by atoms with Gasteiger partial charge in [-0.05, 0) is 34.1 Å². The van der Waals surface area contributed by atoms with E-state index in [0.717, 1.165) is 48.8 Å². The number of guanidine groups is 1. The minimum absolute atomic E-state index is 0.344. The molecule has 2 N–H and O–H groups in total. The summed E-state index contributed by atoms with van der Waals surface area (Å²) in [6.45, 7) is 4.26. The summed E-state index contributed by atoms with van der Waals surface area (Å²) in [4.78, 5) is 10.2. The standard InChI is InChI=1S/C17H21BrN4OS/c1-19-17(20-11-14-10-13(18)12-24-14)22-8-6-21(7-9-22)15-4-2-3-5-16(15)23/h2-5,10,12,23H,6-9,11H2,1H3,(H,19,20). The Morgan fingerprint density at radius 3 is 2.67 bits per heavy atom. The van der Waals surface area contributed by atoms with Crippen LogP contribution in [0.3, 0.4) is 0 Å². The monoisotopic (exact) mass is 408 g/mol. The van der Waals surface area contributed by atoms with Crippen molar-refractivity contribution in [3.8, 4) is 5.75 Å². The Bertz CT molecular complexity index is 710. The van der Waals surface area contributed by atoms with Crippen molar-refractivity contribution in [2.75, 3.05) is 38.1 Å². The average Bonchev–Trinajstić information content (AvgIpc) is 3.02. The normalized spacial score (nSPS) is 15.7. The molecule has 1 aromatic heterocycles. The van der Waals surface area contributed by atoms with Gasteiger partial charge < -0.3 is 20.2 Å². The lowest BCUT2D eigenvalue weighted by Gasteiger charge is -2.37. The number of hydrogen-bond donors (Lipinski definition) is 2. The van der Waals surface area contributed by atoms with E-state index in [1.54, 1.807) is 17.4 Å². The zero-order valence-electron chi connectivity index (χ0n) is 13.6. The van der Waals surface area contributed by atoms with Crippen LogP contribution in [0.1, 0.15) is 4.88 Å². The predicted octanol–water partition coefficient (Wildman–Crippen LogP) is 3.11. The molecule has 2 heterocycles. The van der Waals surface area contributed by atoms with Crippen molar-refractivity contribution in [1.29, 1.82) is 0 Å². The summed E-state index contributed by atoms with van der Waals surface area (Å²) in [6.07, 6.45) is 0. The Morgan fingerprint density at radius 1 is 1.29 bits per heavy atom. The van der Waals surface area contributed by atoms with Crippen molar-refractivity contribution in [1.82, 2.24) is 10.2 Å². The molecule has 2 aromatic rings. The topological polar surface area (TPSA) is 51.1 Å². The van der Waals surface area contributed by atoms with Gasteiger partial charge in [-0.25, -0.2) is 0 Å². The molecule has 128 valence electrons. The van der Waals surface area contributed by atoms with Crippen LogP contribution in [-0.2, 0) is 6.54 Å². The third-order valence-electron chi connectivity index (χ3n) is 4.06. The number of para-hydroxylation sites is 2. The van der Waals surface area contributed by atoms with E-state index in [4.69, 9.17) is 0 Å². The molecule has 1 aliphatic heterocycles. The summed E-state index contributed by atoms with van der Waals surface area (Å²) in [5.74, 6) is 1.27. The Kier molecular flexibility index (Phi) is 5.63. The number of nitrogens with zero attached hydrogens (tertiary/aromatic N) is 3. The Labute approximate surface area is 154 Å². The second-order valence-electron chi connectivity index (χ2n) is 5.59. The number of aromatic hydroxyl groups is 1. The Hall–Kier alpha value is -1.73. The molecule has 0 atom stereocenters. The summed E-state index contributed by atoms with van der Waals surface area (Å²) in [6, 6.07) is 9.64. The van der Waals surface area contributed by atoms with Crippen LogP contribution in [0.2, 0.25) is 0 Å². The van der Waals surface area contributed by atoms with Crippen LogP contribution in [0.4, 0.5) is 5.69 Å². The first kappa shape index (κ1) is 17.1. The molecule has 0 amide bonds. The summed E-state index contributed by atoms with van der Waals surface area (Å²) < 4.78 is 1.12. The minimum Gasteiger partial charge on any atom is -0.506 e. The summed E-state index contributed by atoms with van der Waals surface area (Å²) >= 11 is 5.21. The first-order chi connectivity index (χ1) is 11.7. The van der Waals surface area contributed by atoms with Gasteiger partial charge in [0.2, 0.25) is 0 Å². The number of thiophene rings is 1. The fourth-order valence-electron chi connectivity index (χ4n) is 2.84. The van der Waals surface area contributed by atoms with E-state index in [9.17, 15) is 5.11 Å². The maximum Gasteiger partial charge on any atom is 0.194 e. The molecular formula is C17H21BrN4OS. The fourth-order valence-corrected chi connectivity index (χ4v) is 4.23. The van der Waals surface area contributed by atoms with E-state index in [2.05, 4.69) is 47.5 Å². The van der Waals surface area contributed by atoms with Crippen molar-refractivity contribution >= 4 is 38.9 Å². The summed E-state index contributed by atoms with van der Waals surface area (Å²) in [5, 5.41) is 15.5. The molecule has 0 saturated carbocycles. The molecule has 5 nitrogen and oxygen atoms in total. The molecule has 0 bridgehead atoms. The highest BCUT2D eigenvalue weighted by Gasteiger charge is 2.21. The van der Waals surface area contributed by atoms with E-state index in [1.807, 2.05) is 25.2 Å². The van der Waals surface area contributed by atoms with Crippen LogP contribution < -0.4 is 10.2 Å². The van der Waals surface area contributed by atoms with Gasteiger partial charge in [-0.3, -0.25) is 4.99 Å². The maximum absolute atomic E-state index is 10.0. The van der Waals surface area contributed by atoms with Gasteiger partial charge in [-0.2, -0.15) is 0 Å². The number of aliphatic imine (C=N–C) groups is 1. The molecule has 24 heavy (non-hydrogen) atoms. The summed E-state index contributed by atoms with van der Waals surface area (Å²) in [7, 11) is 1.82. The molecule has 7 heteroatoms. The van der Waals surface area contributed by atoms with Gasteiger partial charge in [-0.15, -0.1) is 11.3 Å². The highest BCUT2D eigenvalue weighted by Crippen LogP contribution is 2.27. The van der Waals surface area contributed by atoms with Gasteiger partial charge in [0.05, 0.1) is 12.2 Å². The smallest absolute Gasteiger partial charge is 0.194 e. The average molecular weight is 409 g/mol. The van der Waals surface area contributed by atoms with Gasteiger partial charge in [0.1, 0.15) is 5.75 Å². The molecule has 0 aliphatic carbocycles. The number of anilines is 1. The maximum atomic E-state index is 10.0. The molecule has 1 aromatic carbocycles. The van der Waals surface area contributed by atoms with Crippen molar-refractivity contribution in [3.63, 3.8) is 0 Å². The van der Waals surface area contributed by atoms with Crippen molar-refractivity contribution in [2.45, 2.75) is 6.54 Å². The molecular weight excluding hydrogens is 388 g/mol. The lowest BCUT2D eigenvalue weighted by atomic mass is 10.2. The van der Waals surface area contributed by atoms with E-state index in [-0.39, 0.29) is 0 Å². The highest BCUT2D eigenvalue weighted by molar-refractivity contribution is 9.10. The summed E-state index contributed by atoms with van der Waals surface area (Å²) in [5.41, 5.74) is 0.906. The minimum atomic E-state index is 0.344. The molecule has 0 spiro atoms. The van der Waals surface area contributed by atoms with Crippen molar-refractivity contribution in [2.24, 2.45) is 4.99 Å². The molecule has 1 saturated heterocycles. The van der Waals surface area contributed by atoms with Crippen LogP contribution in [0.25, 0.3) is 0 Å². The lowest BCUT2D eigenvalue weighted by Crippen LogP contribution is -2.52. The first-order valence-electron chi connectivity index (χ1n) is 7.89. The third kappa shape index (κ3) is 4.02. The molecule has 3 rings (SSSR count). The number of piperazine rings is 1. The predicted molar refractivity (Wildman–Crippen MR) is 104 cm³/mol. The second-order valence-corrected chi connectivity index (χ2v) is 7.51. The Morgan fingerprint density at radius 2 is 2.04 bits per heavy atom. The molecule has 0 unspecified atom stereocenters. The van der Waals surface area contributed by atoms with Crippen molar-refractivity contribution in [3.05, 3.63) is 45.1 Å².